The first-order valence-corrected chi connectivity index (χ1v) is 7.28. The fourth-order valence-electron chi connectivity index (χ4n) is 2.81. The fourth-order valence-corrected chi connectivity index (χ4v) is 2.81. The van der Waals surface area contributed by atoms with Crippen molar-refractivity contribution >= 4 is 17.4 Å². The van der Waals surface area contributed by atoms with Crippen molar-refractivity contribution in [3.05, 3.63) is 29.8 Å². The van der Waals surface area contributed by atoms with Crippen molar-refractivity contribution in [3.8, 4) is 0 Å². The molecule has 0 aromatic heterocycles. The molecule has 0 spiro atoms. The Morgan fingerprint density at radius 3 is 2.62 bits per heavy atom. The molecular weight excluding hydrogens is 268 g/mol. The van der Waals surface area contributed by atoms with Crippen LogP contribution >= 0.6 is 0 Å². The summed E-state index contributed by atoms with van der Waals surface area (Å²) in [5, 5.41) is 12.8. The number of nitrogens with zero attached hydrogens (tertiary/aromatic N) is 1. The second-order valence-corrected chi connectivity index (χ2v) is 5.77. The third-order valence-corrected chi connectivity index (χ3v) is 3.70. The van der Waals surface area contributed by atoms with Crippen molar-refractivity contribution < 1.29 is 14.7 Å². The van der Waals surface area contributed by atoms with Crippen LogP contribution in [0.4, 0.5) is 5.69 Å². The summed E-state index contributed by atoms with van der Waals surface area (Å²) < 4.78 is 0. The van der Waals surface area contributed by atoms with E-state index in [4.69, 9.17) is 0 Å². The number of para-hydroxylation sites is 1. The second kappa shape index (κ2) is 6.37. The van der Waals surface area contributed by atoms with E-state index in [0.717, 1.165) is 12.8 Å². The lowest BCUT2D eigenvalue weighted by atomic mass is 9.89. The Labute approximate surface area is 125 Å². The summed E-state index contributed by atoms with van der Waals surface area (Å²) >= 11 is 0. The average molecular weight is 290 g/mol. The lowest BCUT2D eigenvalue weighted by Crippen LogP contribution is -2.62. The standard InChI is InChI=1S/C16H22N2O3/c1-3-8-16(21)10-18(11-16)9-15(20)17-14-7-5-4-6-13(14)12(2)19/h4-7,21H,3,8-11H2,1-2H3,(H,17,20). The number of nitrogens with one attached hydrogen (secondary N) is 1. The van der Waals surface area contributed by atoms with E-state index in [1.54, 1.807) is 24.3 Å². The smallest absolute Gasteiger partial charge is 0.238 e. The largest absolute Gasteiger partial charge is 0.387 e. The van der Waals surface area contributed by atoms with Gasteiger partial charge in [0.2, 0.25) is 5.91 Å². The average Bonchev–Trinajstić information content (AvgIpc) is 2.37. The SMILES string of the molecule is CCCC1(O)CN(CC(=O)Nc2ccccc2C(C)=O)C1. The van der Waals surface area contributed by atoms with Crippen molar-refractivity contribution in [2.24, 2.45) is 0 Å². The highest BCUT2D eigenvalue weighted by Gasteiger charge is 2.40. The number of ketones is 1. The quantitative estimate of drug-likeness (QED) is 0.782. The molecular formula is C16H22N2O3. The van der Waals surface area contributed by atoms with E-state index in [1.807, 2.05) is 11.8 Å². The van der Waals surface area contributed by atoms with Gasteiger partial charge in [-0.2, -0.15) is 0 Å². The first-order chi connectivity index (χ1) is 9.93. The van der Waals surface area contributed by atoms with Crippen molar-refractivity contribution in [1.82, 2.24) is 4.90 Å². The Morgan fingerprint density at radius 2 is 2.00 bits per heavy atom. The molecule has 2 N–H and O–H groups in total. The number of rotatable bonds is 6. The number of hydrogen-bond donors (Lipinski definition) is 2. The molecule has 0 bridgehead atoms. The number of β-amino-alcohol motifs (C(OH)–C–C–N with tert-alkyl or cyclic N) is 1. The van der Waals surface area contributed by atoms with Gasteiger partial charge in [0.1, 0.15) is 0 Å². The van der Waals surface area contributed by atoms with Crippen molar-refractivity contribution in [3.63, 3.8) is 0 Å². The molecule has 1 heterocycles. The van der Waals surface area contributed by atoms with E-state index in [0.29, 0.717) is 24.3 Å². The van der Waals surface area contributed by atoms with Crippen LogP contribution in [0.25, 0.3) is 0 Å². The molecule has 114 valence electrons. The first-order valence-electron chi connectivity index (χ1n) is 7.28. The van der Waals surface area contributed by atoms with Crippen molar-refractivity contribution in [2.75, 3.05) is 25.0 Å². The summed E-state index contributed by atoms with van der Waals surface area (Å²) in [4.78, 5) is 25.4. The number of benzene rings is 1. The van der Waals surface area contributed by atoms with Crippen LogP contribution in [0.2, 0.25) is 0 Å². The minimum Gasteiger partial charge on any atom is -0.387 e. The van der Waals surface area contributed by atoms with Gasteiger partial charge in [0.05, 0.1) is 17.8 Å². The summed E-state index contributed by atoms with van der Waals surface area (Å²) in [6.07, 6.45) is 1.70. The van der Waals surface area contributed by atoms with Gasteiger partial charge in [-0.05, 0) is 25.5 Å². The van der Waals surface area contributed by atoms with Gasteiger partial charge in [-0.15, -0.1) is 0 Å². The van der Waals surface area contributed by atoms with E-state index in [-0.39, 0.29) is 18.2 Å². The number of carbonyl (C=O) groups is 2. The Hall–Kier alpha value is -1.72. The third kappa shape index (κ3) is 3.89. The highest BCUT2D eigenvalue weighted by molar-refractivity contribution is 6.04. The van der Waals surface area contributed by atoms with Gasteiger partial charge in [-0.3, -0.25) is 14.5 Å². The zero-order valence-corrected chi connectivity index (χ0v) is 12.6. The molecule has 5 heteroatoms. The maximum atomic E-state index is 12.0. The van der Waals surface area contributed by atoms with Crippen LogP contribution in [-0.2, 0) is 4.79 Å². The maximum absolute atomic E-state index is 12.0. The summed E-state index contributed by atoms with van der Waals surface area (Å²) in [5.41, 5.74) is 0.420. The van der Waals surface area contributed by atoms with Gasteiger partial charge in [-0.25, -0.2) is 0 Å². The highest BCUT2D eigenvalue weighted by atomic mass is 16.3. The molecule has 1 aliphatic rings. The monoisotopic (exact) mass is 290 g/mol. The minimum absolute atomic E-state index is 0.0767. The molecule has 5 nitrogen and oxygen atoms in total. The van der Waals surface area contributed by atoms with Gasteiger partial charge < -0.3 is 10.4 Å². The van der Waals surface area contributed by atoms with Gasteiger partial charge in [0, 0.05) is 18.7 Å². The van der Waals surface area contributed by atoms with Crippen LogP contribution in [0.5, 0.6) is 0 Å². The Bertz CT molecular complexity index is 536. The number of anilines is 1. The molecule has 0 unspecified atom stereocenters. The van der Waals surface area contributed by atoms with Crippen molar-refractivity contribution in [1.29, 1.82) is 0 Å². The van der Waals surface area contributed by atoms with E-state index in [1.165, 1.54) is 6.92 Å². The second-order valence-electron chi connectivity index (χ2n) is 5.77. The predicted octanol–water partition coefficient (Wildman–Crippen LogP) is 1.67. The predicted molar refractivity (Wildman–Crippen MR) is 81.4 cm³/mol. The zero-order valence-electron chi connectivity index (χ0n) is 12.6. The van der Waals surface area contributed by atoms with Gasteiger partial charge in [0.25, 0.3) is 0 Å². The molecule has 1 fully saturated rings. The summed E-state index contributed by atoms with van der Waals surface area (Å²) in [7, 11) is 0. The van der Waals surface area contributed by atoms with Crippen molar-refractivity contribution in [2.45, 2.75) is 32.3 Å². The number of amides is 1. The van der Waals surface area contributed by atoms with E-state index in [2.05, 4.69) is 5.32 Å². The van der Waals surface area contributed by atoms with E-state index >= 15 is 0 Å². The fraction of sp³-hybridized carbons (Fsp3) is 0.500. The Morgan fingerprint density at radius 1 is 1.33 bits per heavy atom. The topological polar surface area (TPSA) is 69.6 Å². The minimum atomic E-state index is -0.633. The molecule has 0 atom stereocenters. The molecule has 1 amide bonds. The third-order valence-electron chi connectivity index (χ3n) is 3.70. The number of carbonyl (C=O) groups excluding carboxylic acids is 2. The van der Waals surface area contributed by atoms with Crippen LogP contribution in [0.15, 0.2) is 24.3 Å². The van der Waals surface area contributed by atoms with Gasteiger partial charge >= 0.3 is 0 Å². The molecule has 2 rings (SSSR count). The normalized spacial score (nSPS) is 17.1. The van der Waals surface area contributed by atoms with Gasteiger partial charge in [0.15, 0.2) is 5.78 Å². The first kappa shape index (κ1) is 15.7. The molecule has 0 aliphatic carbocycles. The number of Topliss-reactive ketones (excluding diaryl/α,β-unsaturated/α-hetero) is 1. The lowest BCUT2D eigenvalue weighted by Gasteiger charge is -2.46. The van der Waals surface area contributed by atoms with Crippen LogP contribution in [0, 0.1) is 0 Å². The molecule has 1 aromatic rings. The van der Waals surface area contributed by atoms with Crippen LogP contribution in [-0.4, -0.2) is 46.9 Å². The lowest BCUT2D eigenvalue weighted by molar-refractivity contribution is -0.129. The molecule has 21 heavy (non-hydrogen) atoms. The molecule has 1 saturated heterocycles. The summed E-state index contributed by atoms with van der Waals surface area (Å²) in [6.45, 7) is 4.81. The van der Waals surface area contributed by atoms with Crippen LogP contribution in [0.1, 0.15) is 37.0 Å². The molecule has 1 aliphatic heterocycles. The number of hydrogen-bond acceptors (Lipinski definition) is 4. The van der Waals surface area contributed by atoms with Gasteiger partial charge in [-0.1, -0.05) is 25.5 Å². The van der Waals surface area contributed by atoms with Crippen LogP contribution < -0.4 is 5.32 Å². The number of likely N-dealkylation sites (tertiary alicyclic amines) is 1. The molecule has 0 radical (unpaired) electrons. The van der Waals surface area contributed by atoms with Crippen LogP contribution in [0.3, 0.4) is 0 Å². The van der Waals surface area contributed by atoms with E-state index < -0.39 is 5.60 Å². The molecule has 1 aromatic carbocycles. The van der Waals surface area contributed by atoms with E-state index in [9.17, 15) is 14.7 Å². The Kier molecular flexibility index (Phi) is 4.75. The zero-order chi connectivity index (χ0) is 15.5. The Balaban J connectivity index is 1.88. The molecule has 0 saturated carbocycles. The number of aliphatic hydroxyl groups is 1. The summed E-state index contributed by atoms with van der Waals surface area (Å²) in [5.74, 6) is -0.241. The highest BCUT2D eigenvalue weighted by Crippen LogP contribution is 2.25. The summed E-state index contributed by atoms with van der Waals surface area (Å²) in [6, 6.07) is 6.97. The maximum Gasteiger partial charge on any atom is 0.238 e.